The molecule has 1 heterocycles. The lowest BCUT2D eigenvalue weighted by Gasteiger charge is -2.11. The van der Waals surface area contributed by atoms with Gasteiger partial charge in [-0.05, 0) is 19.4 Å². The molecule has 16 heavy (non-hydrogen) atoms. The van der Waals surface area contributed by atoms with E-state index in [2.05, 4.69) is 34.6 Å². The van der Waals surface area contributed by atoms with Gasteiger partial charge in [0.05, 0.1) is 17.6 Å². The third-order valence-corrected chi connectivity index (χ3v) is 2.46. The van der Waals surface area contributed by atoms with Crippen molar-refractivity contribution < 1.29 is 0 Å². The van der Waals surface area contributed by atoms with Crippen LogP contribution < -0.4 is 5.32 Å². The van der Waals surface area contributed by atoms with Gasteiger partial charge in [0.15, 0.2) is 0 Å². The molecule has 2 aromatic rings. The number of aromatic nitrogens is 2. The largest absolute Gasteiger partial charge is 0.383 e. The summed E-state index contributed by atoms with van der Waals surface area (Å²) < 4.78 is 0. The summed E-state index contributed by atoms with van der Waals surface area (Å²) in [7, 11) is 0. The van der Waals surface area contributed by atoms with E-state index in [1.807, 2.05) is 25.1 Å². The summed E-state index contributed by atoms with van der Waals surface area (Å²) in [6.45, 7) is 4.94. The average Bonchev–Trinajstić information content (AvgIpc) is 2.31. The summed E-state index contributed by atoms with van der Waals surface area (Å²) in [5.41, 5.74) is 4.30. The third-order valence-electron chi connectivity index (χ3n) is 2.46. The number of aryl methyl sites for hydroxylation is 1. The highest BCUT2D eigenvalue weighted by atomic mass is 15.1. The molecule has 0 spiro atoms. The summed E-state index contributed by atoms with van der Waals surface area (Å²) in [6.07, 6.45) is 1.78. The molecule has 0 radical (unpaired) electrons. The Kier molecular flexibility index (Phi) is 3.15. The Bertz CT molecular complexity index is 466. The SMILES string of the molecule is CCNc1cnnc(C)c1-c1ccccc1. The number of nitrogens with one attached hydrogen (secondary N) is 1. The van der Waals surface area contributed by atoms with Gasteiger partial charge in [-0.15, -0.1) is 0 Å². The summed E-state index contributed by atoms with van der Waals surface area (Å²) in [4.78, 5) is 0. The highest BCUT2D eigenvalue weighted by molar-refractivity contribution is 5.78. The molecule has 0 aliphatic rings. The van der Waals surface area contributed by atoms with Crippen LogP contribution in [0, 0.1) is 6.92 Å². The molecule has 0 atom stereocenters. The van der Waals surface area contributed by atoms with Crippen molar-refractivity contribution in [2.75, 3.05) is 11.9 Å². The Morgan fingerprint density at radius 3 is 2.62 bits per heavy atom. The molecule has 0 unspecified atom stereocenters. The van der Waals surface area contributed by atoms with Crippen LogP contribution >= 0.6 is 0 Å². The van der Waals surface area contributed by atoms with Crippen LogP contribution in [0.3, 0.4) is 0 Å². The Morgan fingerprint density at radius 1 is 1.19 bits per heavy atom. The second-order valence-electron chi connectivity index (χ2n) is 3.62. The van der Waals surface area contributed by atoms with E-state index < -0.39 is 0 Å². The Hall–Kier alpha value is -1.90. The van der Waals surface area contributed by atoms with Crippen LogP contribution in [-0.2, 0) is 0 Å². The molecular formula is C13H15N3. The van der Waals surface area contributed by atoms with Gasteiger partial charge >= 0.3 is 0 Å². The molecule has 2 rings (SSSR count). The maximum atomic E-state index is 4.11. The fraction of sp³-hybridized carbons (Fsp3) is 0.231. The normalized spacial score (nSPS) is 10.1. The molecule has 0 bridgehead atoms. The standard InChI is InChI=1S/C13H15N3/c1-3-14-12-9-15-16-10(2)13(12)11-7-5-4-6-8-11/h4-9H,3H2,1-2H3,(H,14,16). The van der Waals surface area contributed by atoms with Gasteiger partial charge in [-0.1, -0.05) is 30.3 Å². The van der Waals surface area contributed by atoms with E-state index in [9.17, 15) is 0 Å². The first-order valence-electron chi connectivity index (χ1n) is 5.44. The summed E-state index contributed by atoms with van der Waals surface area (Å²) in [6, 6.07) is 10.3. The molecule has 3 heteroatoms. The Labute approximate surface area is 95.5 Å². The summed E-state index contributed by atoms with van der Waals surface area (Å²) in [5.74, 6) is 0. The van der Waals surface area contributed by atoms with Crippen LogP contribution in [0.2, 0.25) is 0 Å². The van der Waals surface area contributed by atoms with Gasteiger partial charge in [0, 0.05) is 12.1 Å². The number of hydrogen-bond acceptors (Lipinski definition) is 3. The molecule has 0 saturated heterocycles. The van der Waals surface area contributed by atoms with Crippen molar-refractivity contribution in [3.05, 3.63) is 42.2 Å². The predicted molar refractivity (Wildman–Crippen MR) is 66.4 cm³/mol. The third kappa shape index (κ3) is 2.03. The molecule has 0 aliphatic heterocycles. The first-order valence-corrected chi connectivity index (χ1v) is 5.44. The number of nitrogens with zero attached hydrogens (tertiary/aromatic N) is 2. The van der Waals surface area contributed by atoms with Crippen LogP contribution in [0.5, 0.6) is 0 Å². The van der Waals surface area contributed by atoms with Crippen LogP contribution in [0.4, 0.5) is 5.69 Å². The molecule has 1 N–H and O–H groups in total. The number of benzene rings is 1. The second-order valence-corrected chi connectivity index (χ2v) is 3.62. The zero-order valence-corrected chi connectivity index (χ0v) is 9.57. The minimum absolute atomic E-state index is 0.880. The maximum absolute atomic E-state index is 4.11. The van der Waals surface area contributed by atoms with Gasteiger partial charge < -0.3 is 5.32 Å². The van der Waals surface area contributed by atoms with E-state index in [1.54, 1.807) is 6.20 Å². The predicted octanol–water partition coefficient (Wildman–Crippen LogP) is 2.88. The lowest BCUT2D eigenvalue weighted by Crippen LogP contribution is -2.02. The Balaban J connectivity index is 2.54. The van der Waals surface area contributed by atoms with E-state index in [0.717, 1.165) is 23.5 Å². The van der Waals surface area contributed by atoms with Crippen LogP contribution in [0.15, 0.2) is 36.5 Å². The topological polar surface area (TPSA) is 37.8 Å². The van der Waals surface area contributed by atoms with Gasteiger partial charge in [-0.3, -0.25) is 0 Å². The smallest absolute Gasteiger partial charge is 0.0734 e. The van der Waals surface area contributed by atoms with Crippen molar-refractivity contribution in [3.8, 4) is 11.1 Å². The lowest BCUT2D eigenvalue weighted by atomic mass is 10.0. The van der Waals surface area contributed by atoms with Gasteiger partial charge in [0.1, 0.15) is 0 Å². The van der Waals surface area contributed by atoms with Crippen LogP contribution in [-0.4, -0.2) is 16.7 Å². The number of hydrogen-bond donors (Lipinski definition) is 1. The molecule has 0 aliphatic carbocycles. The lowest BCUT2D eigenvalue weighted by molar-refractivity contribution is 0.980. The summed E-state index contributed by atoms with van der Waals surface area (Å²) >= 11 is 0. The van der Waals surface area contributed by atoms with Crippen molar-refractivity contribution in [1.82, 2.24) is 10.2 Å². The van der Waals surface area contributed by atoms with E-state index in [1.165, 1.54) is 5.56 Å². The first-order chi connectivity index (χ1) is 7.83. The summed E-state index contributed by atoms with van der Waals surface area (Å²) in [5, 5.41) is 11.4. The number of anilines is 1. The van der Waals surface area contributed by atoms with Crippen LogP contribution in [0.1, 0.15) is 12.6 Å². The van der Waals surface area contributed by atoms with E-state index in [-0.39, 0.29) is 0 Å². The molecule has 3 nitrogen and oxygen atoms in total. The van der Waals surface area contributed by atoms with Crippen molar-refractivity contribution in [1.29, 1.82) is 0 Å². The fourth-order valence-corrected chi connectivity index (χ4v) is 1.78. The first kappa shape index (κ1) is 10.6. The quantitative estimate of drug-likeness (QED) is 0.851. The van der Waals surface area contributed by atoms with Crippen molar-refractivity contribution in [2.24, 2.45) is 0 Å². The highest BCUT2D eigenvalue weighted by Gasteiger charge is 2.08. The Morgan fingerprint density at radius 2 is 1.94 bits per heavy atom. The van der Waals surface area contributed by atoms with E-state index >= 15 is 0 Å². The van der Waals surface area contributed by atoms with Crippen molar-refractivity contribution >= 4 is 5.69 Å². The maximum Gasteiger partial charge on any atom is 0.0734 e. The molecule has 1 aromatic carbocycles. The molecular weight excluding hydrogens is 198 g/mol. The van der Waals surface area contributed by atoms with Gasteiger partial charge in [0.2, 0.25) is 0 Å². The van der Waals surface area contributed by atoms with Gasteiger partial charge in [-0.2, -0.15) is 10.2 Å². The second kappa shape index (κ2) is 4.75. The molecule has 0 saturated carbocycles. The van der Waals surface area contributed by atoms with Crippen LogP contribution in [0.25, 0.3) is 11.1 Å². The minimum Gasteiger partial charge on any atom is -0.383 e. The number of rotatable bonds is 3. The van der Waals surface area contributed by atoms with Crippen molar-refractivity contribution in [3.63, 3.8) is 0 Å². The molecule has 0 amide bonds. The highest BCUT2D eigenvalue weighted by Crippen LogP contribution is 2.28. The van der Waals surface area contributed by atoms with E-state index in [0.29, 0.717) is 0 Å². The average molecular weight is 213 g/mol. The zero-order valence-electron chi connectivity index (χ0n) is 9.57. The van der Waals surface area contributed by atoms with Crippen molar-refractivity contribution in [2.45, 2.75) is 13.8 Å². The fourth-order valence-electron chi connectivity index (χ4n) is 1.78. The van der Waals surface area contributed by atoms with E-state index in [4.69, 9.17) is 0 Å². The monoisotopic (exact) mass is 213 g/mol. The van der Waals surface area contributed by atoms with Gasteiger partial charge in [-0.25, -0.2) is 0 Å². The minimum atomic E-state index is 0.880. The zero-order chi connectivity index (χ0) is 11.4. The molecule has 82 valence electrons. The molecule has 0 fully saturated rings. The van der Waals surface area contributed by atoms with Gasteiger partial charge in [0.25, 0.3) is 0 Å². The molecule has 1 aromatic heterocycles.